The number of carbonyl (C=O) groups excluding carboxylic acids is 1. The summed E-state index contributed by atoms with van der Waals surface area (Å²) in [5, 5.41) is 42.4. The Bertz CT molecular complexity index is 6470. The molecule has 10 aromatic rings. The van der Waals surface area contributed by atoms with E-state index in [9.17, 15) is 101 Å². The monoisotopic (exact) mass is 1680 g/mol. The van der Waals surface area contributed by atoms with Gasteiger partial charge in [0.1, 0.15) is 68.5 Å². The highest BCUT2D eigenvalue weighted by Gasteiger charge is 2.31. The van der Waals surface area contributed by atoms with Gasteiger partial charge in [-0.2, -0.15) is 93.9 Å². The van der Waals surface area contributed by atoms with Crippen molar-refractivity contribution in [3.8, 4) is 11.5 Å². The van der Waals surface area contributed by atoms with Crippen LogP contribution in [0.5, 0.6) is 11.5 Å². The Kier molecular flexibility index (Phi) is 21.9. The number of hydrogen-bond donors (Lipinski definition) is 13. The highest BCUT2D eigenvalue weighted by molar-refractivity contribution is 7.87. The Morgan fingerprint density at radius 2 is 1.06 bits per heavy atom. The van der Waals surface area contributed by atoms with E-state index in [0.29, 0.717) is 44.9 Å². The van der Waals surface area contributed by atoms with Gasteiger partial charge in [-0.05, 0) is 95.3 Å². The molecule has 2 aromatic heterocycles. The van der Waals surface area contributed by atoms with Gasteiger partial charge in [0.2, 0.25) is 40.3 Å². The molecule has 0 radical (unpaired) electrons. The lowest BCUT2D eigenvalue weighted by atomic mass is 10.1. The largest absolute Gasteiger partial charge is 0.505 e. The number of fused-ring (bicyclic) bond motifs is 3. The number of ether oxygens (including phenoxy) is 1. The standard InChI is InChI=1S/C57H49Cl2N19O24S7/c1-26(79)62-35-24-37(39(102-2)25-36(35)73-71-29-21-33-30(43(23-29)106(90,91)92)5-3-8-41(33)104(84,85)86)64-56-67-53(59)68-57(70-56)78-17-15-77(16-18-78)14-13-61-54-65-52(58)66-55(69-54)63-28-9-12-42(105(87,88)89)38(22-28)74-76-49-45(108(96,97)98)20-27-19-44(107(93,94)95)48(47(60)46(27)50(49)80)75-72-34-11-10-31-32(51(34)109(99,100)101)6-4-7-40(31)103(81,82)83/h3-12,19-25,80H,13-18,60H2,1-2H3,(H,62,79)(H,81,82,83)(H,84,85,86)(H,87,88,89)(H,90,91,92)(H,93,94,95)(H,96,97,98)(H,99,100,101)(H,64,67,68,70)(H2,61,63,65,66,69)/b73-71+,75-72+,76-74+. The summed E-state index contributed by atoms with van der Waals surface area (Å²) < 4.78 is 253. The van der Waals surface area contributed by atoms with Crippen LogP contribution < -0.4 is 36.6 Å². The summed E-state index contributed by atoms with van der Waals surface area (Å²) >= 11 is 12.7. The quantitative estimate of drug-likeness (QED) is 0.0153. The Balaban J connectivity index is 0.788. The van der Waals surface area contributed by atoms with Crippen LogP contribution >= 0.6 is 23.2 Å². The number of aromatic hydroxyl groups is 1. The van der Waals surface area contributed by atoms with Crippen LogP contribution in [0.3, 0.4) is 0 Å². The molecule has 1 amide bonds. The molecule has 3 heterocycles. The predicted octanol–water partition coefficient (Wildman–Crippen LogP) is 8.77. The molecule has 0 atom stereocenters. The van der Waals surface area contributed by atoms with Gasteiger partial charge in [-0.25, -0.2) is 0 Å². The summed E-state index contributed by atoms with van der Waals surface area (Å²) in [5.41, 5.74) is 0.948. The van der Waals surface area contributed by atoms with Gasteiger partial charge in [0.15, 0.2) is 5.75 Å². The zero-order valence-electron chi connectivity index (χ0n) is 54.6. The number of piperazine rings is 1. The first kappa shape index (κ1) is 79.4. The number of methoxy groups -OCH3 is 1. The molecule has 14 N–H and O–H groups in total. The number of anilines is 8. The van der Waals surface area contributed by atoms with Gasteiger partial charge in [-0.15, -0.1) is 25.6 Å². The van der Waals surface area contributed by atoms with Crippen molar-refractivity contribution in [1.29, 1.82) is 0 Å². The van der Waals surface area contributed by atoms with Crippen LogP contribution in [0.1, 0.15) is 6.92 Å². The number of nitrogens with zero attached hydrogens (tertiary/aromatic N) is 14. The maximum atomic E-state index is 12.9. The van der Waals surface area contributed by atoms with Crippen molar-refractivity contribution in [2.75, 3.05) is 78.3 Å². The maximum Gasteiger partial charge on any atom is 0.297 e. The molecule has 43 nitrogen and oxygen atoms in total. The second-order valence-corrected chi connectivity index (χ2v) is 33.1. The molecule has 0 unspecified atom stereocenters. The molecule has 1 aliphatic heterocycles. The molecule has 0 bridgehead atoms. The molecule has 0 saturated carbocycles. The average Bonchev–Trinajstić information content (AvgIpc) is 0.747. The molecule has 0 aliphatic carbocycles. The van der Waals surface area contributed by atoms with E-state index >= 15 is 0 Å². The highest BCUT2D eigenvalue weighted by Crippen LogP contribution is 2.50. The van der Waals surface area contributed by atoms with Crippen LogP contribution in [0, 0.1) is 0 Å². The van der Waals surface area contributed by atoms with E-state index < -0.39 is 167 Å². The molecule has 109 heavy (non-hydrogen) atoms. The first-order valence-corrected chi connectivity index (χ1v) is 40.7. The molecule has 1 aliphatic rings. The lowest BCUT2D eigenvalue weighted by molar-refractivity contribution is -0.114. The number of nitrogen functional groups attached to an aromatic ring is 1. The zero-order chi connectivity index (χ0) is 79.4. The first-order chi connectivity index (χ1) is 50.8. The fourth-order valence-electron chi connectivity index (χ4n) is 11.0. The third kappa shape index (κ3) is 17.9. The van der Waals surface area contributed by atoms with Crippen LogP contribution in [-0.4, -0.2) is 183 Å². The number of halogens is 2. The number of hydrogen-bond acceptors (Lipinski definition) is 35. The minimum atomic E-state index is -5.59. The van der Waals surface area contributed by atoms with Crippen molar-refractivity contribution in [3.63, 3.8) is 0 Å². The highest BCUT2D eigenvalue weighted by atomic mass is 35.5. The van der Waals surface area contributed by atoms with Crippen molar-refractivity contribution in [2.45, 2.75) is 41.2 Å². The normalized spacial score (nSPS) is 13.8. The Hall–Kier alpha value is -10.7. The maximum absolute atomic E-state index is 12.9. The van der Waals surface area contributed by atoms with E-state index in [4.69, 9.17) is 33.7 Å². The fourth-order valence-corrected chi connectivity index (χ4v) is 16.2. The van der Waals surface area contributed by atoms with Gasteiger partial charge in [0.05, 0.1) is 35.2 Å². The second-order valence-electron chi connectivity index (χ2n) is 22.7. The summed E-state index contributed by atoms with van der Waals surface area (Å²) in [5.74, 6) is -2.18. The number of nitrogens with one attached hydrogen (secondary N) is 4. The van der Waals surface area contributed by atoms with Gasteiger partial charge in [-0.3, -0.25) is 41.6 Å². The van der Waals surface area contributed by atoms with Gasteiger partial charge in [-0.1, -0.05) is 30.3 Å². The van der Waals surface area contributed by atoms with Crippen molar-refractivity contribution in [3.05, 3.63) is 114 Å². The van der Waals surface area contributed by atoms with Gasteiger partial charge >= 0.3 is 0 Å². The van der Waals surface area contributed by atoms with Crippen LogP contribution in [0.25, 0.3) is 32.3 Å². The third-order valence-electron chi connectivity index (χ3n) is 15.5. The average molecular weight is 1680 g/mol. The van der Waals surface area contributed by atoms with E-state index in [2.05, 4.69) is 81.9 Å². The van der Waals surface area contributed by atoms with Crippen molar-refractivity contribution >= 4 is 213 Å². The predicted molar refractivity (Wildman–Crippen MR) is 386 cm³/mol. The van der Waals surface area contributed by atoms with Crippen LogP contribution in [0.4, 0.5) is 80.7 Å². The molecule has 8 aromatic carbocycles. The Labute approximate surface area is 624 Å². The molecular weight excluding hydrogens is 1630 g/mol. The number of azo groups is 3. The number of nitrogens with two attached hydrogens (primary N) is 1. The lowest BCUT2D eigenvalue weighted by Crippen LogP contribution is -2.48. The number of rotatable bonds is 24. The van der Waals surface area contributed by atoms with E-state index in [-0.39, 0.29) is 85.9 Å². The topological polar surface area (TPSA) is 659 Å². The molecule has 1 saturated heterocycles. The number of benzene rings is 8. The van der Waals surface area contributed by atoms with E-state index in [0.717, 1.165) is 72.8 Å². The number of carbonyl (C=O) groups is 1. The smallest absolute Gasteiger partial charge is 0.297 e. The van der Waals surface area contributed by atoms with Crippen LogP contribution in [0.15, 0.2) is 168 Å². The van der Waals surface area contributed by atoms with Gasteiger partial charge in [0.25, 0.3) is 70.8 Å². The van der Waals surface area contributed by atoms with Crippen molar-refractivity contribution < 1.29 is 105 Å². The minimum absolute atomic E-state index is 0.00893. The molecule has 572 valence electrons. The third-order valence-corrected chi connectivity index (χ3v) is 22.2. The molecule has 1 fully saturated rings. The van der Waals surface area contributed by atoms with Crippen molar-refractivity contribution in [1.82, 2.24) is 34.8 Å². The van der Waals surface area contributed by atoms with Gasteiger partial charge < -0.3 is 41.7 Å². The number of phenols is 1. The molecule has 0 spiro atoms. The van der Waals surface area contributed by atoms with E-state index in [1.165, 1.54) is 32.2 Å². The summed E-state index contributed by atoms with van der Waals surface area (Å²) in [6.07, 6.45) is 0. The Morgan fingerprint density at radius 3 is 1.67 bits per heavy atom. The van der Waals surface area contributed by atoms with Crippen molar-refractivity contribution in [2.24, 2.45) is 30.7 Å². The summed E-state index contributed by atoms with van der Waals surface area (Å²) in [6, 6.07) is 16.3. The zero-order valence-corrected chi connectivity index (χ0v) is 61.8. The first-order valence-electron chi connectivity index (χ1n) is 29.9. The Morgan fingerprint density at radius 1 is 0.514 bits per heavy atom. The molecule has 11 rings (SSSR count). The number of amides is 1. The summed E-state index contributed by atoms with van der Waals surface area (Å²) in [4.78, 5) is 34.7. The molecular formula is C57H49Cl2N19O24S7. The second kappa shape index (κ2) is 30.1. The van der Waals surface area contributed by atoms with Gasteiger partial charge in [0, 0.05) is 79.5 Å². The SMILES string of the molecule is COc1cc(/N=N/c2cc(S(=O)(=O)O)c3cccc(S(=O)(=O)O)c3c2)c(NC(C)=O)cc1Nc1nc(Cl)nc(N2CCN(CCNc3nc(Cl)nc(Nc4ccc(S(=O)(=O)O)c(/N=N/c5c(S(=O)(=O)O)cc6cc(S(=O)(=O)O)c(/N=N/c7ccc8c(S(=O)(=O)O)cccc8c7S(=O)(=O)O)c(N)c6c5O)c4)n3)CC2)n1. The minimum Gasteiger partial charge on any atom is -0.505 e. The number of aromatic nitrogens is 6. The fraction of sp³-hybridized carbons (Fsp3) is 0.140. The number of phenolic OH excluding ortho intramolecular Hbond substituents is 1. The van der Waals surface area contributed by atoms with E-state index in [1.54, 1.807) is 0 Å². The summed E-state index contributed by atoms with van der Waals surface area (Å²) in [7, 11) is -35.5. The summed E-state index contributed by atoms with van der Waals surface area (Å²) in [6.45, 7) is 3.33. The molecule has 52 heteroatoms. The lowest BCUT2D eigenvalue weighted by Gasteiger charge is -2.34. The van der Waals surface area contributed by atoms with E-state index in [1.807, 2.05) is 9.80 Å². The van der Waals surface area contributed by atoms with Crippen LogP contribution in [0.2, 0.25) is 10.6 Å². The van der Waals surface area contributed by atoms with Crippen LogP contribution in [-0.2, 0) is 75.6 Å².